The van der Waals surface area contributed by atoms with Crippen LogP contribution >= 0.6 is 0 Å². The fraction of sp³-hybridized carbons (Fsp3) is 0.143. The Kier molecular flexibility index (Phi) is 3.42. The molecule has 84 valence electrons. The molecule has 0 aliphatic rings. The normalized spacial score (nSPS) is 12.7. The average molecular weight is 295 g/mol. The molecule has 0 atom stereocenters. The van der Waals surface area contributed by atoms with E-state index in [1.807, 2.05) is 0 Å². The van der Waals surface area contributed by atoms with Gasteiger partial charge in [-0.2, -0.15) is 0 Å². The van der Waals surface area contributed by atoms with Crippen LogP contribution in [0, 0.1) is 0 Å². The summed E-state index contributed by atoms with van der Waals surface area (Å²) in [6.07, 6.45) is 0. The van der Waals surface area contributed by atoms with Crippen LogP contribution in [-0.2, 0) is 19.5 Å². The van der Waals surface area contributed by atoms with Crippen LogP contribution < -0.4 is 9.49 Å². The van der Waals surface area contributed by atoms with Crippen molar-refractivity contribution < 1.29 is 20.3 Å². The van der Waals surface area contributed by atoms with Crippen LogP contribution in [0.25, 0.3) is 0 Å². The minimum atomic E-state index is -4.87. The third kappa shape index (κ3) is 4.19. The molecule has 0 unspecified atom stereocenters. The monoisotopic (exact) mass is 295 g/mol. The van der Waals surface area contributed by atoms with Gasteiger partial charge < -0.3 is 0 Å². The Morgan fingerprint density at radius 3 is 2.00 bits per heavy atom. The topological polar surface area (TPSA) is 118 Å². The molecule has 0 aliphatic heterocycles. The Labute approximate surface area is 89.8 Å². The van der Waals surface area contributed by atoms with E-state index >= 15 is 0 Å². The molecule has 0 aromatic heterocycles. The van der Waals surface area contributed by atoms with E-state index in [1.165, 1.54) is 24.3 Å². The second-order valence-electron chi connectivity index (χ2n) is 3.02. The van der Waals surface area contributed by atoms with Gasteiger partial charge in [0.05, 0.1) is 0 Å². The summed E-state index contributed by atoms with van der Waals surface area (Å²) in [5, 5.41) is 4.81. The molecule has 0 heterocycles. The van der Waals surface area contributed by atoms with E-state index in [2.05, 4.69) is 0 Å². The van der Waals surface area contributed by atoms with Crippen LogP contribution in [-0.4, -0.2) is 30.8 Å². The van der Waals surface area contributed by atoms with Crippen LogP contribution in [0.2, 0.25) is 0 Å². The standard InChI is InChI=1S/C7H10AsNO5S/c9-15(13,14)5-6-1-3-7(4-2-6)8(10,11)12/h1-4H,5H2,(H2,9,13,14)(H2,10,11,12). The van der Waals surface area contributed by atoms with Gasteiger partial charge in [-0.1, -0.05) is 0 Å². The Bertz CT molecular complexity index is 489. The summed E-state index contributed by atoms with van der Waals surface area (Å²) in [6.45, 7) is 0. The van der Waals surface area contributed by atoms with Crippen LogP contribution in [0.1, 0.15) is 5.56 Å². The van der Waals surface area contributed by atoms with E-state index in [0.717, 1.165) is 0 Å². The molecule has 0 spiro atoms. The molecular formula is C7H10AsNO5S. The minimum absolute atomic E-state index is 0.0914. The number of nitrogens with two attached hydrogens (primary N) is 1. The van der Waals surface area contributed by atoms with Gasteiger partial charge in [-0.3, -0.25) is 0 Å². The number of sulfonamides is 1. The SMILES string of the molecule is NS(=O)(=O)Cc1ccc([As](=O)(O)O)cc1. The number of primary sulfonamides is 1. The van der Waals surface area contributed by atoms with Crippen molar-refractivity contribution in [1.82, 2.24) is 0 Å². The van der Waals surface area contributed by atoms with Crippen molar-refractivity contribution in [3.63, 3.8) is 0 Å². The van der Waals surface area contributed by atoms with E-state index in [0.29, 0.717) is 5.56 Å². The first kappa shape index (κ1) is 12.5. The van der Waals surface area contributed by atoms with Crippen molar-refractivity contribution in [2.75, 3.05) is 0 Å². The fourth-order valence-electron chi connectivity index (χ4n) is 1.02. The number of hydrogen-bond donors (Lipinski definition) is 3. The van der Waals surface area contributed by atoms with Gasteiger partial charge in [-0.05, 0) is 0 Å². The molecule has 0 aliphatic carbocycles. The molecule has 0 bridgehead atoms. The molecule has 8 heteroatoms. The predicted molar refractivity (Wildman–Crippen MR) is 53.8 cm³/mol. The summed E-state index contributed by atoms with van der Waals surface area (Å²) in [6, 6.07) is 5.08. The summed E-state index contributed by atoms with van der Waals surface area (Å²) in [5.41, 5.74) is 0.394. The molecule has 0 saturated carbocycles. The Morgan fingerprint density at radius 1 is 1.20 bits per heavy atom. The van der Waals surface area contributed by atoms with Gasteiger partial charge in [-0.15, -0.1) is 0 Å². The van der Waals surface area contributed by atoms with E-state index < -0.39 is 24.2 Å². The molecule has 1 aromatic carbocycles. The summed E-state index contributed by atoms with van der Waals surface area (Å²) in [7, 11) is -3.61. The molecule has 4 N–H and O–H groups in total. The quantitative estimate of drug-likeness (QED) is 0.559. The summed E-state index contributed by atoms with van der Waals surface area (Å²) in [4.78, 5) is 0. The zero-order chi connectivity index (χ0) is 11.7. The van der Waals surface area contributed by atoms with Crippen molar-refractivity contribution in [2.45, 2.75) is 5.75 Å². The predicted octanol–water partition coefficient (Wildman–Crippen LogP) is -1.96. The average Bonchev–Trinajstić information content (AvgIpc) is 2.00. The van der Waals surface area contributed by atoms with Gasteiger partial charge in [0.1, 0.15) is 0 Å². The Hall–Kier alpha value is -0.592. The first-order chi connectivity index (χ1) is 6.68. The third-order valence-electron chi connectivity index (χ3n) is 1.64. The van der Waals surface area contributed by atoms with Crippen molar-refractivity contribution >= 4 is 28.5 Å². The van der Waals surface area contributed by atoms with Crippen molar-refractivity contribution in [1.29, 1.82) is 0 Å². The van der Waals surface area contributed by atoms with Gasteiger partial charge in [0.15, 0.2) is 0 Å². The summed E-state index contributed by atoms with van der Waals surface area (Å²) in [5.74, 6) is -0.346. The van der Waals surface area contributed by atoms with Gasteiger partial charge >= 0.3 is 89.6 Å². The molecule has 0 radical (unpaired) electrons. The maximum absolute atomic E-state index is 10.8. The van der Waals surface area contributed by atoms with E-state index in [1.54, 1.807) is 0 Å². The first-order valence-electron chi connectivity index (χ1n) is 3.84. The van der Waals surface area contributed by atoms with Gasteiger partial charge in [0.25, 0.3) is 0 Å². The summed E-state index contributed by atoms with van der Waals surface area (Å²) < 4.78 is 49.9. The van der Waals surface area contributed by atoms with Crippen LogP contribution in [0.3, 0.4) is 0 Å². The Balaban J connectivity index is 2.97. The van der Waals surface area contributed by atoms with Gasteiger partial charge in [0, 0.05) is 0 Å². The summed E-state index contributed by atoms with van der Waals surface area (Å²) >= 11 is -4.87. The Morgan fingerprint density at radius 2 is 1.67 bits per heavy atom. The van der Waals surface area contributed by atoms with E-state index in [4.69, 9.17) is 13.3 Å². The number of benzene rings is 1. The van der Waals surface area contributed by atoms with Gasteiger partial charge in [0.2, 0.25) is 0 Å². The molecule has 6 nitrogen and oxygen atoms in total. The number of hydrogen-bond acceptors (Lipinski definition) is 3. The van der Waals surface area contributed by atoms with Crippen LogP contribution in [0.4, 0.5) is 0 Å². The zero-order valence-electron chi connectivity index (χ0n) is 7.57. The van der Waals surface area contributed by atoms with Crippen LogP contribution in [0.5, 0.6) is 0 Å². The van der Waals surface area contributed by atoms with Crippen LogP contribution in [0.15, 0.2) is 24.3 Å². The van der Waals surface area contributed by atoms with Crippen molar-refractivity contribution in [3.05, 3.63) is 29.8 Å². The second-order valence-corrected chi connectivity index (χ2v) is 8.00. The maximum atomic E-state index is 10.8. The molecular weight excluding hydrogens is 285 g/mol. The zero-order valence-corrected chi connectivity index (χ0v) is 10.3. The fourth-order valence-corrected chi connectivity index (χ4v) is 2.80. The molecule has 0 saturated heterocycles. The van der Waals surface area contributed by atoms with Crippen molar-refractivity contribution in [2.24, 2.45) is 5.14 Å². The molecule has 15 heavy (non-hydrogen) atoms. The van der Waals surface area contributed by atoms with E-state index in [-0.39, 0.29) is 10.1 Å². The molecule has 1 rings (SSSR count). The first-order valence-corrected chi connectivity index (χ1v) is 8.94. The number of rotatable bonds is 3. The third-order valence-corrected chi connectivity index (χ3v) is 4.41. The molecule has 1 aromatic rings. The van der Waals surface area contributed by atoms with Gasteiger partial charge in [-0.25, -0.2) is 0 Å². The van der Waals surface area contributed by atoms with E-state index in [9.17, 15) is 12.2 Å². The molecule has 0 amide bonds. The molecule has 0 fully saturated rings. The second kappa shape index (κ2) is 4.11. The van der Waals surface area contributed by atoms with Crippen molar-refractivity contribution in [3.8, 4) is 0 Å².